The van der Waals surface area contributed by atoms with Gasteiger partial charge in [-0.05, 0) is 96.9 Å². The third-order valence-corrected chi connectivity index (χ3v) is 10.3. The molecule has 3 heteroatoms. The van der Waals surface area contributed by atoms with Crippen LogP contribution in [-0.2, 0) is 9.47 Å². The van der Waals surface area contributed by atoms with Crippen molar-refractivity contribution in [2.24, 2.45) is 0 Å². The van der Waals surface area contributed by atoms with Crippen molar-refractivity contribution in [1.82, 2.24) is 4.90 Å². The lowest BCUT2D eigenvalue weighted by Gasteiger charge is -2.29. The standard InChI is InChI=1S/C44H79NO2/c1-4-6-8-10-12-14-16-18-20-22-24-26-28-30-32-34-38-44(46-42-36-40-45(3)41-37-43(42)47-44)39-35-33-31-29-27-25-23-21-19-17-15-13-11-9-7-5-2/h12-15,18-21,42-43H,4-11,16-17,22-41H2,1-3H3/t42-,43+,44?. The molecule has 0 N–H and O–H groups in total. The molecule has 0 aromatic heterocycles. The van der Waals surface area contributed by atoms with Gasteiger partial charge in [-0.2, -0.15) is 0 Å². The Hall–Kier alpha value is -1.16. The summed E-state index contributed by atoms with van der Waals surface area (Å²) in [7, 11) is 2.24. The predicted octanol–water partition coefficient (Wildman–Crippen LogP) is 13.6. The topological polar surface area (TPSA) is 21.7 Å². The van der Waals surface area contributed by atoms with E-state index in [-0.39, 0.29) is 5.79 Å². The number of unbranched alkanes of at least 4 members (excludes halogenated alkanes) is 18. The fourth-order valence-corrected chi connectivity index (χ4v) is 7.15. The number of hydrogen-bond donors (Lipinski definition) is 0. The van der Waals surface area contributed by atoms with Gasteiger partial charge < -0.3 is 14.4 Å². The van der Waals surface area contributed by atoms with Gasteiger partial charge in [0.2, 0.25) is 0 Å². The number of allylic oxidation sites excluding steroid dienone is 8. The second kappa shape index (κ2) is 29.7. The highest BCUT2D eigenvalue weighted by atomic mass is 16.8. The molecule has 2 aliphatic rings. The summed E-state index contributed by atoms with van der Waals surface area (Å²) in [6.07, 6.45) is 55.0. The number of nitrogens with zero attached hydrogens (tertiary/aromatic N) is 1. The zero-order valence-electron chi connectivity index (χ0n) is 31.8. The van der Waals surface area contributed by atoms with Crippen LogP contribution in [0.25, 0.3) is 0 Å². The van der Waals surface area contributed by atoms with Crippen molar-refractivity contribution in [2.75, 3.05) is 20.1 Å². The molecule has 2 fully saturated rings. The molecule has 0 aliphatic carbocycles. The van der Waals surface area contributed by atoms with Crippen LogP contribution in [0.2, 0.25) is 0 Å². The smallest absolute Gasteiger partial charge is 0.169 e. The van der Waals surface area contributed by atoms with Crippen LogP contribution < -0.4 is 0 Å². The summed E-state index contributed by atoms with van der Waals surface area (Å²) in [4.78, 5) is 2.44. The van der Waals surface area contributed by atoms with Crippen LogP contribution in [0.5, 0.6) is 0 Å². The Morgan fingerprint density at radius 1 is 0.468 bits per heavy atom. The van der Waals surface area contributed by atoms with Crippen molar-refractivity contribution in [1.29, 1.82) is 0 Å². The summed E-state index contributed by atoms with van der Waals surface area (Å²) in [5.74, 6) is -0.310. The minimum atomic E-state index is -0.310. The van der Waals surface area contributed by atoms with E-state index >= 15 is 0 Å². The van der Waals surface area contributed by atoms with Gasteiger partial charge in [-0.25, -0.2) is 0 Å². The maximum atomic E-state index is 6.86. The molecule has 47 heavy (non-hydrogen) atoms. The van der Waals surface area contributed by atoms with E-state index in [1.165, 1.54) is 141 Å². The zero-order valence-corrected chi connectivity index (χ0v) is 31.8. The van der Waals surface area contributed by atoms with Gasteiger partial charge in [-0.3, -0.25) is 0 Å². The first kappa shape index (κ1) is 42.0. The van der Waals surface area contributed by atoms with Gasteiger partial charge >= 0.3 is 0 Å². The Morgan fingerprint density at radius 2 is 0.809 bits per heavy atom. The Balaban J connectivity index is 1.56. The largest absolute Gasteiger partial charge is 0.344 e. The minimum Gasteiger partial charge on any atom is -0.344 e. The molecule has 2 aliphatic heterocycles. The van der Waals surface area contributed by atoms with Gasteiger partial charge in [0.05, 0.1) is 12.2 Å². The van der Waals surface area contributed by atoms with Gasteiger partial charge in [0.1, 0.15) is 0 Å². The van der Waals surface area contributed by atoms with E-state index in [4.69, 9.17) is 9.47 Å². The molecule has 2 heterocycles. The Morgan fingerprint density at radius 3 is 1.19 bits per heavy atom. The van der Waals surface area contributed by atoms with Crippen LogP contribution in [0.15, 0.2) is 48.6 Å². The normalized spacial score (nSPS) is 22.4. The Kier molecular flexibility index (Phi) is 26.6. The average molecular weight is 654 g/mol. The number of fused-ring (bicyclic) bond motifs is 1. The van der Waals surface area contributed by atoms with Crippen molar-refractivity contribution >= 4 is 0 Å². The number of likely N-dealkylation sites (tertiary alicyclic amines) is 1. The van der Waals surface area contributed by atoms with Crippen LogP contribution in [0.3, 0.4) is 0 Å². The van der Waals surface area contributed by atoms with Gasteiger partial charge in [0.15, 0.2) is 5.79 Å². The molecule has 0 aromatic rings. The molecule has 0 saturated carbocycles. The monoisotopic (exact) mass is 654 g/mol. The third kappa shape index (κ3) is 22.2. The summed E-state index contributed by atoms with van der Waals surface area (Å²) in [5.41, 5.74) is 0. The summed E-state index contributed by atoms with van der Waals surface area (Å²) in [5, 5.41) is 0. The lowest BCUT2D eigenvalue weighted by molar-refractivity contribution is -0.188. The molecule has 2 saturated heterocycles. The van der Waals surface area contributed by atoms with Crippen LogP contribution in [0, 0.1) is 0 Å². The second-order valence-electron chi connectivity index (χ2n) is 14.8. The molecule has 0 aromatic carbocycles. The maximum Gasteiger partial charge on any atom is 0.169 e. The maximum absolute atomic E-state index is 6.86. The van der Waals surface area contributed by atoms with Crippen LogP contribution in [0.4, 0.5) is 0 Å². The fraction of sp³-hybridized carbons (Fsp3) is 0.818. The third-order valence-electron chi connectivity index (χ3n) is 10.3. The van der Waals surface area contributed by atoms with E-state index in [1.807, 2.05) is 0 Å². The minimum absolute atomic E-state index is 0.300. The van der Waals surface area contributed by atoms with Crippen molar-refractivity contribution in [3.8, 4) is 0 Å². The fourth-order valence-electron chi connectivity index (χ4n) is 7.15. The lowest BCUT2D eigenvalue weighted by atomic mass is 9.98. The number of ether oxygens (including phenoxy) is 2. The highest BCUT2D eigenvalue weighted by Gasteiger charge is 2.47. The van der Waals surface area contributed by atoms with Crippen molar-refractivity contribution in [3.05, 3.63) is 48.6 Å². The van der Waals surface area contributed by atoms with E-state index < -0.39 is 0 Å². The van der Waals surface area contributed by atoms with Crippen LogP contribution in [-0.4, -0.2) is 43.0 Å². The molecule has 0 radical (unpaired) electrons. The average Bonchev–Trinajstić information content (AvgIpc) is 3.34. The molecule has 3 nitrogen and oxygen atoms in total. The summed E-state index contributed by atoms with van der Waals surface area (Å²) < 4.78 is 13.7. The zero-order chi connectivity index (χ0) is 33.5. The van der Waals surface area contributed by atoms with Gasteiger partial charge in [0, 0.05) is 25.9 Å². The molecule has 0 amide bonds. The highest BCUT2D eigenvalue weighted by molar-refractivity contribution is 4.94. The molecule has 0 bridgehead atoms. The number of rotatable bonds is 30. The van der Waals surface area contributed by atoms with Gasteiger partial charge in [0.25, 0.3) is 0 Å². The van der Waals surface area contributed by atoms with Crippen LogP contribution in [0.1, 0.15) is 194 Å². The summed E-state index contributed by atoms with van der Waals surface area (Å²) in [6, 6.07) is 0. The molecule has 0 spiro atoms. The quantitative estimate of drug-likeness (QED) is 0.0569. The molecule has 2 atom stereocenters. The number of hydrogen-bond acceptors (Lipinski definition) is 3. The lowest BCUT2D eigenvalue weighted by Crippen LogP contribution is -2.32. The van der Waals surface area contributed by atoms with E-state index in [9.17, 15) is 0 Å². The Labute approximate surface area is 294 Å². The van der Waals surface area contributed by atoms with E-state index in [2.05, 4.69) is 74.4 Å². The first-order valence-electron chi connectivity index (χ1n) is 20.8. The summed E-state index contributed by atoms with van der Waals surface area (Å²) >= 11 is 0. The first-order valence-corrected chi connectivity index (χ1v) is 20.8. The van der Waals surface area contributed by atoms with Crippen LogP contribution >= 0.6 is 0 Å². The van der Waals surface area contributed by atoms with Crippen molar-refractivity contribution in [2.45, 2.75) is 212 Å². The van der Waals surface area contributed by atoms with E-state index in [0.717, 1.165) is 51.6 Å². The molecule has 272 valence electrons. The molecular formula is C44H79NO2. The van der Waals surface area contributed by atoms with Gasteiger partial charge in [-0.15, -0.1) is 0 Å². The van der Waals surface area contributed by atoms with Gasteiger partial charge in [-0.1, -0.05) is 140 Å². The molecular weight excluding hydrogens is 574 g/mol. The molecule has 0 unspecified atom stereocenters. The van der Waals surface area contributed by atoms with Crippen molar-refractivity contribution in [3.63, 3.8) is 0 Å². The summed E-state index contributed by atoms with van der Waals surface area (Å²) in [6.45, 7) is 6.81. The highest BCUT2D eigenvalue weighted by Crippen LogP contribution is 2.40. The van der Waals surface area contributed by atoms with Crippen molar-refractivity contribution < 1.29 is 9.47 Å². The molecule has 2 rings (SSSR count). The first-order chi connectivity index (χ1) is 23.2. The second-order valence-corrected chi connectivity index (χ2v) is 14.8. The SMILES string of the molecule is CCCCCC=CCC=CCCCCCCCCC1(CCCCCCCCC=CCC=CCCCCC)O[C@H]2CCN(C)CC[C@H]2O1. The van der Waals surface area contributed by atoms with E-state index in [0.29, 0.717) is 12.2 Å². The van der Waals surface area contributed by atoms with E-state index in [1.54, 1.807) is 0 Å². The Bertz CT molecular complexity index is 748. The predicted molar refractivity (Wildman–Crippen MR) is 207 cm³/mol.